The number of anilines is 6. The van der Waals surface area contributed by atoms with Crippen LogP contribution in [-0.4, -0.2) is 5.78 Å². The van der Waals surface area contributed by atoms with Gasteiger partial charge in [-0.05, 0) is 174 Å². The Hall–Kier alpha value is -10.4. The van der Waals surface area contributed by atoms with Gasteiger partial charge in [0.25, 0.3) is 0 Å². The molecule has 12 aromatic carbocycles. The SMILES string of the molecule is C=C1c2cc(-c3ccc(N(c4ccc(-c5ccccc5)cc4)c4ccc(-c5ccccc5)cc4)cc3)ccc2C(=O)c2cc(-c3ccc(N(c4ccc(-c5ccccc5)cc4)c4ccc(-c5ccccc5)cc4)cc3)ccc21. The zero-order valence-corrected chi connectivity index (χ0v) is 42.9. The molecule has 0 N–H and O–H groups in total. The van der Waals surface area contributed by atoms with Gasteiger partial charge in [-0.2, -0.15) is 0 Å². The molecule has 0 aliphatic heterocycles. The Morgan fingerprint density at radius 2 is 0.423 bits per heavy atom. The zero-order chi connectivity index (χ0) is 52.4. The molecule has 0 bridgehead atoms. The van der Waals surface area contributed by atoms with Crippen molar-refractivity contribution in [2.45, 2.75) is 0 Å². The first-order valence-electron chi connectivity index (χ1n) is 26.4. The monoisotopic (exact) mass is 996 g/mol. The van der Waals surface area contributed by atoms with Crippen molar-refractivity contribution in [1.29, 1.82) is 0 Å². The van der Waals surface area contributed by atoms with Crippen LogP contribution in [0.1, 0.15) is 27.0 Å². The Bertz CT molecular complexity index is 3640. The van der Waals surface area contributed by atoms with Gasteiger partial charge in [-0.25, -0.2) is 0 Å². The van der Waals surface area contributed by atoms with E-state index in [4.69, 9.17) is 0 Å². The van der Waals surface area contributed by atoms with Crippen molar-refractivity contribution < 1.29 is 4.79 Å². The third-order valence-electron chi connectivity index (χ3n) is 15.0. The van der Waals surface area contributed by atoms with Crippen LogP contribution in [0.15, 0.2) is 310 Å². The molecule has 0 radical (unpaired) electrons. The molecule has 0 atom stereocenters. The van der Waals surface area contributed by atoms with Gasteiger partial charge in [0.05, 0.1) is 0 Å². The topological polar surface area (TPSA) is 23.6 Å². The minimum absolute atomic E-state index is 0.00375. The van der Waals surface area contributed by atoms with Crippen molar-refractivity contribution in [3.63, 3.8) is 0 Å². The number of hydrogen-bond acceptors (Lipinski definition) is 3. The van der Waals surface area contributed by atoms with Gasteiger partial charge in [-0.3, -0.25) is 4.79 Å². The van der Waals surface area contributed by atoms with E-state index in [1.807, 2.05) is 36.4 Å². The molecule has 0 heterocycles. The first-order valence-corrected chi connectivity index (χ1v) is 26.4. The molecule has 0 amide bonds. The number of hydrogen-bond donors (Lipinski definition) is 0. The molecule has 12 aromatic rings. The summed E-state index contributed by atoms with van der Waals surface area (Å²) in [6.07, 6.45) is 0. The van der Waals surface area contributed by atoms with E-state index in [1.54, 1.807) is 0 Å². The summed E-state index contributed by atoms with van der Waals surface area (Å²) in [5.41, 5.74) is 23.7. The number of ketones is 1. The highest BCUT2D eigenvalue weighted by Crippen LogP contribution is 2.43. The fourth-order valence-electron chi connectivity index (χ4n) is 10.9. The van der Waals surface area contributed by atoms with Crippen LogP contribution in [0.5, 0.6) is 0 Å². The van der Waals surface area contributed by atoms with Crippen LogP contribution in [0.2, 0.25) is 0 Å². The highest BCUT2D eigenvalue weighted by Gasteiger charge is 2.27. The van der Waals surface area contributed by atoms with Crippen LogP contribution in [0.25, 0.3) is 72.3 Å². The average Bonchev–Trinajstić information content (AvgIpc) is 3.62. The molecular weight excluding hydrogens is 945 g/mol. The summed E-state index contributed by atoms with van der Waals surface area (Å²) in [6.45, 7) is 4.59. The number of fused-ring (bicyclic) bond motifs is 2. The van der Waals surface area contributed by atoms with Gasteiger partial charge in [-0.15, -0.1) is 0 Å². The van der Waals surface area contributed by atoms with E-state index < -0.39 is 0 Å². The van der Waals surface area contributed by atoms with E-state index in [0.717, 1.165) is 73.1 Å². The largest absolute Gasteiger partial charge is 0.311 e. The Morgan fingerprint density at radius 3 is 0.705 bits per heavy atom. The van der Waals surface area contributed by atoms with Gasteiger partial charge in [-0.1, -0.05) is 219 Å². The predicted octanol–water partition coefficient (Wildman–Crippen LogP) is 20.2. The second kappa shape index (κ2) is 20.8. The summed E-state index contributed by atoms with van der Waals surface area (Å²) in [6, 6.07) is 107. The van der Waals surface area contributed by atoms with E-state index in [-0.39, 0.29) is 5.78 Å². The summed E-state index contributed by atoms with van der Waals surface area (Å²) < 4.78 is 0. The molecule has 0 spiro atoms. The van der Waals surface area contributed by atoms with Crippen molar-refractivity contribution in [2.75, 3.05) is 9.80 Å². The highest BCUT2D eigenvalue weighted by atomic mass is 16.1. The van der Waals surface area contributed by atoms with Crippen LogP contribution >= 0.6 is 0 Å². The lowest BCUT2D eigenvalue weighted by Gasteiger charge is -2.26. The number of carbonyl (C=O) groups excluding carboxylic acids is 1. The van der Waals surface area contributed by atoms with Crippen LogP contribution in [-0.2, 0) is 0 Å². The predicted molar refractivity (Wildman–Crippen MR) is 326 cm³/mol. The molecule has 0 fully saturated rings. The Morgan fingerprint density at radius 1 is 0.205 bits per heavy atom. The lowest BCUT2D eigenvalue weighted by molar-refractivity contribution is 0.103. The van der Waals surface area contributed by atoms with Crippen molar-refractivity contribution in [1.82, 2.24) is 0 Å². The molecular formula is C75H52N2O. The second-order valence-electron chi connectivity index (χ2n) is 19.7. The van der Waals surface area contributed by atoms with Crippen molar-refractivity contribution in [2.24, 2.45) is 0 Å². The molecule has 1 aliphatic rings. The minimum Gasteiger partial charge on any atom is -0.311 e. The first-order chi connectivity index (χ1) is 38.5. The van der Waals surface area contributed by atoms with Crippen LogP contribution in [0.3, 0.4) is 0 Å². The van der Waals surface area contributed by atoms with E-state index >= 15 is 0 Å². The fourth-order valence-corrected chi connectivity index (χ4v) is 10.9. The normalized spacial score (nSPS) is 11.6. The smallest absolute Gasteiger partial charge is 0.194 e. The highest BCUT2D eigenvalue weighted by molar-refractivity contribution is 6.19. The molecule has 3 nitrogen and oxygen atoms in total. The summed E-state index contributed by atoms with van der Waals surface area (Å²) in [5, 5.41) is 0. The third-order valence-corrected chi connectivity index (χ3v) is 15.0. The molecule has 0 aromatic heterocycles. The summed E-state index contributed by atoms with van der Waals surface area (Å²) in [7, 11) is 0. The minimum atomic E-state index is 0.00375. The van der Waals surface area contributed by atoms with E-state index in [9.17, 15) is 4.79 Å². The van der Waals surface area contributed by atoms with E-state index in [0.29, 0.717) is 11.1 Å². The number of benzene rings is 12. The van der Waals surface area contributed by atoms with Crippen molar-refractivity contribution in [3.05, 3.63) is 332 Å². The standard InChI is InChI=1S/C75H52N2O/c1-52-71-48-34-64(62-32-46-70(47-33-62)77(67-40-26-59(27-41-67)55-18-10-4-11-19-55)68-42-28-60(29-43-68)56-20-12-5-13-21-56)51-74(71)75(78)72-49-35-63(50-73(52)72)61-30-44-69(45-31-61)76(65-36-22-57(23-37-65)53-14-6-2-7-15-53)66-38-24-58(25-39-66)54-16-8-3-9-17-54/h2-51H,1H2. The van der Waals surface area contributed by atoms with Crippen LogP contribution in [0.4, 0.5) is 34.1 Å². The third kappa shape index (κ3) is 9.31. The summed E-state index contributed by atoms with van der Waals surface area (Å²) >= 11 is 0. The Labute approximate surface area is 456 Å². The van der Waals surface area contributed by atoms with Gasteiger partial charge in [0.15, 0.2) is 5.78 Å². The van der Waals surface area contributed by atoms with Gasteiger partial charge < -0.3 is 9.80 Å². The van der Waals surface area contributed by atoms with Crippen LogP contribution in [0, 0.1) is 0 Å². The average molecular weight is 997 g/mol. The van der Waals surface area contributed by atoms with Crippen molar-refractivity contribution >= 4 is 45.5 Å². The lowest BCUT2D eigenvalue weighted by Crippen LogP contribution is -2.14. The molecule has 368 valence electrons. The Kier molecular flexibility index (Phi) is 12.6. The maximum absolute atomic E-state index is 14.5. The maximum Gasteiger partial charge on any atom is 0.194 e. The van der Waals surface area contributed by atoms with Gasteiger partial charge >= 0.3 is 0 Å². The maximum atomic E-state index is 14.5. The molecule has 1 aliphatic carbocycles. The molecule has 0 unspecified atom stereocenters. The molecule has 78 heavy (non-hydrogen) atoms. The Balaban J connectivity index is 0.767. The zero-order valence-electron chi connectivity index (χ0n) is 42.9. The first kappa shape index (κ1) is 47.4. The fraction of sp³-hybridized carbons (Fsp3) is 0. The van der Waals surface area contributed by atoms with E-state index in [1.165, 1.54) is 44.5 Å². The van der Waals surface area contributed by atoms with Gasteiger partial charge in [0.2, 0.25) is 0 Å². The lowest BCUT2D eigenvalue weighted by atomic mass is 9.80. The van der Waals surface area contributed by atoms with Crippen molar-refractivity contribution in [3.8, 4) is 66.8 Å². The number of nitrogens with zero attached hydrogens (tertiary/aromatic N) is 2. The molecule has 3 heteroatoms. The van der Waals surface area contributed by atoms with Gasteiger partial charge in [0, 0.05) is 45.3 Å². The van der Waals surface area contributed by atoms with Gasteiger partial charge in [0.1, 0.15) is 0 Å². The number of rotatable bonds is 12. The molecule has 0 saturated carbocycles. The van der Waals surface area contributed by atoms with Crippen LogP contribution < -0.4 is 9.80 Å². The summed E-state index contributed by atoms with van der Waals surface area (Å²) in [4.78, 5) is 19.1. The summed E-state index contributed by atoms with van der Waals surface area (Å²) in [5.74, 6) is 0.00375. The second-order valence-corrected chi connectivity index (χ2v) is 19.7. The van der Waals surface area contributed by atoms with E-state index in [2.05, 4.69) is 283 Å². The molecule has 13 rings (SSSR count). The molecule has 0 saturated heterocycles. The number of carbonyl (C=O) groups is 1. The quantitative estimate of drug-likeness (QED) is 0.122.